The minimum absolute atomic E-state index is 0.0823. The van der Waals surface area contributed by atoms with Crippen molar-refractivity contribution in [1.82, 2.24) is 15.5 Å². The average Bonchev–Trinajstić information content (AvgIpc) is 3.11. The summed E-state index contributed by atoms with van der Waals surface area (Å²) in [5.74, 6) is -2.23. The molecule has 0 radical (unpaired) electrons. The summed E-state index contributed by atoms with van der Waals surface area (Å²) in [7, 11) is 0. The molecule has 30 heavy (non-hydrogen) atoms. The van der Waals surface area contributed by atoms with E-state index in [9.17, 15) is 24.3 Å². The van der Waals surface area contributed by atoms with Gasteiger partial charge in [-0.2, -0.15) is 0 Å². The molecule has 1 heterocycles. The van der Waals surface area contributed by atoms with Gasteiger partial charge in [-0.1, -0.05) is 13.8 Å². The van der Waals surface area contributed by atoms with Crippen LogP contribution in [0.15, 0.2) is 4.99 Å². The summed E-state index contributed by atoms with van der Waals surface area (Å²) < 4.78 is 0. The highest BCUT2D eigenvalue weighted by atomic mass is 16.4. The topological polar surface area (TPSA) is 180 Å². The standard InChI is InChI=1S/C19H34N6O5/c1-11(2)10-14(23-12(3)26)17(28)25-9-5-7-15(25)16(27)24-13(18(29)30)6-4-8-22-19(20)21/h11,13-15H,4-10H2,1-3H3,(H,23,26)(H,24,27)(H,29,30)(H4,20,21,22)/t13-,14-,15-/m0/s1. The number of carbonyl (C=O) groups is 4. The number of hydrogen-bond acceptors (Lipinski definition) is 5. The number of aliphatic imine (C=N–C) groups is 1. The number of hydrogen-bond donors (Lipinski definition) is 5. The molecular formula is C19H34N6O5. The molecule has 1 fully saturated rings. The molecule has 0 aliphatic carbocycles. The van der Waals surface area contributed by atoms with Gasteiger partial charge >= 0.3 is 5.97 Å². The van der Waals surface area contributed by atoms with Crippen molar-refractivity contribution >= 4 is 29.7 Å². The lowest BCUT2D eigenvalue weighted by atomic mass is 10.0. The maximum Gasteiger partial charge on any atom is 0.326 e. The smallest absolute Gasteiger partial charge is 0.326 e. The van der Waals surface area contributed by atoms with E-state index in [0.717, 1.165) is 0 Å². The summed E-state index contributed by atoms with van der Waals surface area (Å²) in [6, 6.07) is -2.59. The quantitative estimate of drug-likeness (QED) is 0.162. The lowest BCUT2D eigenvalue weighted by Crippen LogP contribution is -2.55. The van der Waals surface area contributed by atoms with Crippen LogP contribution >= 0.6 is 0 Å². The summed E-state index contributed by atoms with van der Waals surface area (Å²) in [4.78, 5) is 54.0. The van der Waals surface area contributed by atoms with Gasteiger partial charge in [0.15, 0.2) is 5.96 Å². The Morgan fingerprint density at radius 2 is 1.83 bits per heavy atom. The van der Waals surface area contributed by atoms with E-state index in [2.05, 4.69) is 15.6 Å². The molecule has 3 atom stereocenters. The molecule has 0 aromatic carbocycles. The Morgan fingerprint density at radius 3 is 2.37 bits per heavy atom. The highest BCUT2D eigenvalue weighted by molar-refractivity contribution is 5.93. The van der Waals surface area contributed by atoms with Crippen molar-refractivity contribution in [2.24, 2.45) is 22.4 Å². The number of nitrogens with one attached hydrogen (secondary N) is 2. The molecule has 0 saturated carbocycles. The van der Waals surface area contributed by atoms with Gasteiger partial charge < -0.3 is 32.1 Å². The summed E-state index contributed by atoms with van der Waals surface area (Å²) >= 11 is 0. The first-order valence-corrected chi connectivity index (χ1v) is 10.2. The Hall–Kier alpha value is -2.85. The predicted molar refractivity (Wildman–Crippen MR) is 111 cm³/mol. The lowest BCUT2D eigenvalue weighted by Gasteiger charge is -2.30. The average molecular weight is 427 g/mol. The molecule has 1 aliphatic heterocycles. The van der Waals surface area contributed by atoms with Gasteiger partial charge in [0, 0.05) is 20.0 Å². The van der Waals surface area contributed by atoms with E-state index in [4.69, 9.17) is 11.5 Å². The van der Waals surface area contributed by atoms with E-state index >= 15 is 0 Å². The third kappa shape index (κ3) is 8.26. The van der Waals surface area contributed by atoms with Crippen molar-refractivity contribution in [3.63, 3.8) is 0 Å². The zero-order chi connectivity index (χ0) is 22.8. The van der Waals surface area contributed by atoms with Gasteiger partial charge in [-0.3, -0.25) is 19.4 Å². The first kappa shape index (κ1) is 25.2. The monoisotopic (exact) mass is 426 g/mol. The fourth-order valence-electron chi connectivity index (χ4n) is 3.47. The van der Waals surface area contributed by atoms with Gasteiger partial charge in [-0.05, 0) is 38.0 Å². The van der Waals surface area contributed by atoms with Gasteiger partial charge in [-0.15, -0.1) is 0 Å². The highest BCUT2D eigenvalue weighted by Gasteiger charge is 2.38. The Labute approximate surface area is 176 Å². The number of carbonyl (C=O) groups excluding carboxylic acids is 3. The normalized spacial score (nSPS) is 17.9. The third-order valence-corrected chi connectivity index (χ3v) is 4.78. The molecule has 1 saturated heterocycles. The highest BCUT2D eigenvalue weighted by Crippen LogP contribution is 2.21. The van der Waals surface area contributed by atoms with Crippen LogP contribution < -0.4 is 22.1 Å². The molecule has 1 rings (SSSR count). The fraction of sp³-hybridized carbons (Fsp3) is 0.737. The van der Waals surface area contributed by atoms with Crippen molar-refractivity contribution in [2.45, 2.75) is 71.0 Å². The molecule has 0 aromatic rings. The summed E-state index contributed by atoms with van der Waals surface area (Å²) in [5.41, 5.74) is 10.5. The molecule has 170 valence electrons. The van der Waals surface area contributed by atoms with Crippen LogP contribution in [0, 0.1) is 5.92 Å². The van der Waals surface area contributed by atoms with Crippen LogP contribution in [0.4, 0.5) is 0 Å². The zero-order valence-corrected chi connectivity index (χ0v) is 17.9. The number of amides is 3. The first-order chi connectivity index (χ1) is 14.0. The van der Waals surface area contributed by atoms with E-state index in [0.29, 0.717) is 32.2 Å². The molecule has 0 unspecified atom stereocenters. The summed E-state index contributed by atoms with van der Waals surface area (Å²) in [6.45, 7) is 5.86. The van der Waals surface area contributed by atoms with Gasteiger partial charge in [0.05, 0.1) is 0 Å². The van der Waals surface area contributed by atoms with E-state index in [-0.39, 0.29) is 36.7 Å². The van der Waals surface area contributed by atoms with Crippen molar-refractivity contribution in [3.8, 4) is 0 Å². The van der Waals surface area contributed by atoms with Crippen LogP contribution in [0.2, 0.25) is 0 Å². The third-order valence-electron chi connectivity index (χ3n) is 4.78. The Kier molecular flexibility index (Phi) is 10.1. The van der Waals surface area contributed by atoms with E-state index in [1.165, 1.54) is 11.8 Å². The maximum atomic E-state index is 13.0. The predicted octanol–water partition coefficient (Wildman–Crippen LogP) is -0.849. The number of guanidine groups is 1. The number of nitrogens with two attached hydrogens (primary N) is 2. The Bertz CT molecular complexity index is 662. The number of likely N-dealkylation sites (tertiary alicyclic amines) is 1. The van der Waals surface area contributed by atoms with Crippen molar-refractivity contribution in [3.05, 3.63) is 0 Å². The lowest BCUT2D eigenvalue weighted by molar-refractivity contribution is -0.145. The molecule has 0 aromatic heterocycles. The van der Waals surface area contributed by atoms with E-state index in [1.54, 1.807) is 0 Å². The summed E-state index contributed by atoms with van der Waals surface area (Å²) in [5, 5.41) is 14.6. The van der Waals surface area contributed by atoms with Crippen LogP contribution in [0.3, 0.4) is 0 Å². The van der Waals surface area contributed by atoms with Crippen LogP contribution in [0.5, 0.6) is 0 Å². The molecule has 0 bridgehead atoms. The van der Waals surface area contributed by atoms with Crippen LogP contribution in [0.1, 0.15) is 52.9 Å². The summed E-state index contributed by atoms with van der Waals surface area (Å²) in [6.07, 6.45) is 2.04. The minimum Gasteiger partial charge on any atom is -0.480 e. The van der Waals surface area contributed by atoms with Gasteiger partial charge in [0.1, 0.15) is 18.1 Å². The number of carboxylic acids is 1. The second-order valence-electron chi connectivity index (χ2n) is 7.92. The van der Waals surface area contributed by atoms with Crippen molar-refractivity contribution in [1.29, 1.82) is 0 Å². The second-order valence-corrected chi connectivity index (χ2v) is 7.92. The minimum atomic E-state index is -1.17. The molecule has 1 aliphatic rings. The maximum absolute atomic E-state index is 13.0. The molecule has 11 heteroatoms. The second kappa shape index (κ2) is 12.0. The molecule has 0 spiro atoms. The first-order valence-electron chi connectivity index (χ1n) is 10.2. The number of aliphatic carboxylic acids is 1. The van der Waals surface area contributed by atoms with Crippen LogP contribution in [-0.2, 0) is 19.2 Å². The van der Waals surface area contributed by atoms with Crippen molar-refractivity contribution in [2.75, 3.05) is 13.1 Å². The largest absolute Gasteiger partial charge is 0.480 e. The van der Waals surface area contributed by atoms with Crippen molar-refractivity contribution < 1.29 is 24.3 Å². The van der Waals surface area contributed by atoms with E-state index < -0.39 is 30.0 Å². The number of carboxylic acid groups (broad SMARTS) is 1. The molecule has 7 N–H and O–H groups in total. The van der Waals surface area contributed by atoms with Crippen LogP contribution in [0.25, 0.3) is 0 Å². The molecule has 3 amide bonds. The number of nitrogens with zero attached hydrogens (tertiary/aromatic N) is 2. The SMILES string of the molecule is CC(=O)N[C@@H](CC(C)C)C(=O)N1CCC[C@H]1C(=O)N[C@@H](CCCN=C(N)N)C(=O)O. The number of rotatable bonds is 11. The molecule has 11 nitrogen and oxygen atoms in total. The van der Waals surface area contributed by atoms with Gasteiger partial charge in [0.25, 0.3) is 0 Å². The Balaban J connectivity index is 2.80. The zero-order valence-electron chi connectivity index (χ0n) is 17.9. The Morgan fingerprint density at radius 1 is 1.17 bits per heavy atom. The van der Waals surface area contributed by atoms with Gasteiger partial charge in [0.2, 0.25) is 17.7 Å². The van der Waals surface area contributed by atoms with Gasteiger partial charge in [-0.25, -0.2) is 4.79 Å². The fourth-order valence-corrected chi connectivity index (χ4v) is 3.47. The van der Waals surface area contributed by atoms with Crippen LogP contribution in [-0.4, -0.2) is 70.9 Å². The molecular weight excluding hydrogens is 392 g/mol. The van der Waals surface area contributed by atoms with E-state index in [1.807, 2.05) is 13.8 Å².